The Morgan fingerprint density at radius 2 is 1.93 bits per heavy atom. The lowest BCUT2D eigenvalue weighted by atomic mass is 9.96. The molecule has 1 aromatic heterocycles. The second-order valence-electron chi connectivity index (χ2n) is 7.30. The number of benzene rings is 1. The fraction of sp³-hybridized carbons (Fsp3) is 0.286. The number of carbonyl (C=O) groups is 1. The molecule has 30 heavy (non-hydrogen) atoms. The molecule has 0 atom stereocenters. The Balaban J connectivity index is 2.04. The predicted octanol–water partition coefficient (Wildman–Crippen LogP) is 5.10. The van der Waals surface area contributed by atoms with Crippen molar-refractivity contribution in [2.24, 2.45) is 5.41 Å². The van der Waals surface area contributed by atoms with Crippen molar-refractivity contribution in [3.8, 4) is 11.9 Å². The van der Waals surface area contributed by atoms with Crippen LogP contribution in [0.15, 0.2) is 36.4 Å². The molecule has 158 valence electrons. The quantitative estimate of drug-likeness (QED) is 0.659. The molecule has 0 aliphatic rings. The average molecular weight is 419 g/mol. The third-order valence-corrected chi connectivity index (χ3v) is 3.59. The standard InChI is InChI=1S/C21H20F3N3O3/c1-21(2,3)7-4-8-29-20(28)27-18-16(23)10-17(24)19(26-18)30-12-14-6-5-13(11-25)9-15(14)22/h4-7,9-10H,8,12H2,1-3H3,(H,26,27,28). The molecule has 0 aliphatic heterocycles. The van der Waals surface area contributed by atoms with E-state index in [0.717, 1.165) is 6.07 Å². The second kappa shape index (κ2) is 9.78. The van der Waals surface area contributed by atoms with Gasteiger partial charge in [0.05, 0.1) is 11.6 Å². The number of allylic oxidation sites excluding steroid dienone is 1. The summed E-state index contributed by atoms with van der Waals surface area (Å²) in [5.41, 5.74) is 0.0641. The number of amides is 1. The van der Waals surface area contributed by atoms with Gasteiger partial charge in [-0.2, -0.15) is 10.2 Å². The van der Waals surface area contributed by atoms with Gasteiger partial charge < -0.3 is 9.47 Å². The molecule has 0 saturated heterocycles. The highest BCUT2D eigenvalue weighted by Gasteiger charge is 2.16. The first-order chi connectivity index (χ1) is 14.1. The number of ether oxygens (including phenoxy) is 2. The molecule has 0 aliphatic carbocycles. The number of hydrogen-bond acceptors (Lipinski definition) is 5. The lowest BCUT2D eigenvalue weighted by molar-refractivity contribution is 0.173. The molecule has 1 aromatic carbocycles. The van der Waals surface area contributed by atoms with E-state index in [2.05, 4.69) is 10.3 Å². The first-order valence-corrected chi connectivity index (χ1v) is 8.88. The van der Waals surface area contributed by atoms with Crippen LogP contribution in [0.4, 0.5) is 23.8 Å². The minimum atomic E-state index is -1.13. The van der Waals surface area contributed by atoms with Gasteiger partial charge in [0.1, 0.15) is 19.0 Å². The van der Waals surface area contributed by atoms with Crippen LogP contribution >= 0.6 is 0 Å². The molecule has 0 bridgehead atoms. The predicted molar refractivity (Wildman–Crippen MR) is 103 cm³/mol. The summed E-state index contributed by atoms with van der Waals surface area (Å²) in [6.45, 7) is 5.42. The Kier molecular flexibility index (Phi) is 7.42. The zero-order valence-electron chi connectivity index (χ0n) is 16.6. The van der Waals surface area contributed by atoms with E-state index in [0.29, 0.717) is 6.07 Å². The summed E-state index contributed by atoms with van der Waals surface area (Å²) in [6.07, 6.45) is 2.48. The van der Waals surface area contributed by atoms with Gasteiger partial charge in [-0.25, -0.2) is 18.0 Å². The molecule has 6 nitrogen and oxygen atoms in total. The molecule has 2 rings (SSSR count). The summed E-state index contributed by atoms with van der Waals surface area (Å²) < 4.78 is 51.7. The van der Waals surface area contributed by atoms with Crippen LogP contribution in [0.2, 0.25) is 0 Å². The number of nitrogens with zero attached hydrogens (tertiary/aromatic N) is 2. The Morgan fingerprint density at radius 3 is 2.57 bits per heavy atom. The van der Waals surface area contributed by atoms with Crippen LogP contribution in [0.5, 0.6) is 5.88 Å². The van der Waals surface area contributed by atoms with E-state index >= 15 is 0 Å². The molecule has 1 N–H and O–H groups in total. The number of rotatable bonds is 6. The third-order valence-electron chi connectivity index (χ3n) is 3.59. The van der Waals surface area contributed by atoms with Crippen molar-refractivity contribution in [1.29, 1.82) is 5.26 Å². The van der Waals surface area contributed by atoms with Gasteiger partial charge in [0.2, 0.25) is 0 Å². The SMILES string of the molecule is CC(C)(C)C=CCOC(=O)Nc1nc(OCc2ccc(C#N)cc2F)c(F)cc1F. The number of aromatic nitrogens is 1. The minimum Gasteiger partial charge on any atom is -0.471 e. The van der Waals surface area contributed by atoms with Gasteiger partial charge in [-0.3, -0.25) is 5.32 Å². The Labute approximate surface area is 171 Å². The molecule has 9 heteroatoms. The minimum absolute atomic E-state index is 0.0408. The molecule has 0 fully saturated rings. The molecule has 0 saturated carbocycles. The smallest absolute Gasteiger partial charge is 0.413 e. The van der Waals surface area contributed by atoms with Gasteiger partial charge in [-0.05, 0) is 17.5 Å². The molecule has 2 aromatic rings. The van der Waals surface area contributed by atoms with E-state index in [4.69, 9.17) is 14.7 Å². The monoisotopic (exact) mass is 419 g/mol. The van der Waals surface area contributed by atoms with Crippen LogP contribution in [0.25, 0.3) is 0 Å². The normalized spacial score (nSPS) is 11.2. The van der Waals surface area contributed by atoms with Gasteiger partial charge in [0.15, 0.2) is 17.5 Å². The van der Waals surface area contributed by atoms with Crippen LogP contribution in [0.3, 0.4) is 0 Å². The Bertz CT molecular complexity index is 995. The zero-order valence-corrected chi connectivity index (χ0v) is 16.6. The number of pyridine rings is 1. The van der Waals surface area contributed by atoms with E-state index in [1.807, 2.05) is 26.8 Å². The van der Waals surface area contributed by atoms with Gasteiger partial charge in [-0.1, -0.05) is 39.0 Å². The lowest BCUT2D eigenvalue weighted by Gasteiger charge is -2.12. The van der Waals surface area contributed by atoms with Gasteiger partial charge in [0, 0.05) is 11.6 Å². The fourth-order valence-electron chi connectivity index (χ4n) is 2.18. The molecule has 0 unspecified atom stereocenters. The van der Waals surface area contributed by atoms with Crippen LogP contribution in [0.1, 0.15) is 31.9 Å². The van der Waals surface area contributed by atoms with Gasteiger partial charge in [-0.15, -0.1) is 0 Å². The van der Waals surface area contributed by atoms with Crippen molar-refractivity contribution < 1.29 is 27.4 Å². The van der Waals surface area contributed by atoms with Crippen molar-refractivity contribution >= 4 is 11.9 Å². The van der Waals surface area contributed by atoms with E-state index in [1.165, 1.54) is 12.1 Å². The van der Waals surface area contributed by atoms with Gasteiger partial charge in [0.25, 0.3) is 5.88 Å². The van der Waals surface area contributed by atoms with Gasteiger partial charge >= 0.3 is 6.09 Å². The van der Waals surface area contributed by atoms with Crippen molar-refractivity contribution in [2.45, 2.75) is 27.4 Å². The summed E-state index contributed by atoms with van der Waals surface area (Å²) in [4.78, 5) is 15.4. The van der Waals surface area contributed by atoms with E-state index in [9.17, 15) is 18.0 Å². The largest absolute Gasteiger partial charge is 0.471 e. The number of halogens is 3. The molecule has 1 amide bonds. The van der Waals surface area contributed by atoms with Crippen LogP contribution in [-0.4, -0.2) is 17.7 Å². The Morgan fingerprint density at radius 1 is 1.20 bits per heavy atom. The Hall–Kier alpha value is -3.54. The number of nitrogens with one attached hydrogen (secondary N) is 1. The van der Waals surface area contributed by atoms with E-state index in [1.54, 1.807) is 12.1 Å². The lowest BCUT2D eigenvalue weighted by Crippen LogP contribution is -2.16. The maximum atomic E-state index is 13.9. The first kappa shape index (κ1) is 22.7. The van der Waals surface area contributed by atoms with E-state index in [-0.39, 0.29) is 23.1 Å². The molecular formula is C21H20F3N3O3. The first-order valence-electron chi connectivity index (χ1n) is 8.88. The van der Waals surface area contributed by atoms with Crippen molar-refractivity contribution in [2.75, 3.05) is 11.9 Å². The number of hydrogen-bond donors (Lipinski definition) is 1. The highest BCUT2D eigenvalue weighted by Crippen LogP contribution is 2.22. The van der Waals surface area contributed by atoms with Crippen LogP contribution in [-0.2, 0) is 11.3 Å². The van der Waals surface area contributed by atoms with Crippen molar-refractivity contribution in [1.82, 2.24) is 4.98 Å². The molecule has 0 spiro atoms. The maximum Gasteiger partial charge on any atom is 0.413 e. The summed E-state index contributed by atoms with van der Waals surface area (Å²) in [7, 11) is 0. The highest BCUT2D eigenvalue weighted by molar-refractivity contribution is 5.83. The number of carbonyl (C=O) groups excluding carboxylic acids is 1. The summed E-state index contributed by atoms with van der Waals surface area (Å²) >= 11 is 0. The second-order valence-corrected chi connectivity index (χ2v) is 7.30. The molecular weight excluding hydrogens is 399 g/mol. The number of nitriles is 1. The van der Waals surface area contributed by atoms with Crippen molar-refractivity contribution in [3.05, 3.63) is 65.0 Å². The van der Waals surface area contributed by atoms with Crippen LogP contribution < -0.4 is 10.1 Å². The summed E-state index contributed by atoms with van der Waals surface area (Å²) in [5, 5.41) is 10.8. The molecule has 1 heterocycles. The zero-order chi connectivity index (χ0) is 22.3. The average Bonchev–Trinajstić information content (AvgIpc) is 2.66. The summed E-state index contributed by atoms with van der Waals surface area (Å²) in [6, 6.07) is 5.94. The molecule has 0 radical (unpaired) electrons. The highest BCUT2D eigenvalue weighted by atomic mass is 19.1. The summed E-state index contributed by atoms with van der Waals surface area (Å²) in [5.74, 6) is -4.22. The number of anilines is 1. The third kappa shape index (κ3) is 6.81. The van der Waals surface area contributed by atoms with E-state index < -0.39 is 41.8 Å². The maximum absolute atomic E-state index is 13.9. The topological polar surface area (TPSA) is 84.2 Å². The van der Waals surface area contributed by atoms with Crippen LogP contribution in [0, 0.1) is 34.2 Å². The fourth-order valence-corrected chi connectivity index (χ4v) is 2.18. The van der Waals surface area contributed by atoms with Crippen molar-refractivity contribution in [3.63, 3.8) is 0 Å².